The molecule has 128 valence electrons. The van der Waals surface area contributed by atoms with Gasteiger partial charge in [-0.05, 0) is 36.8 Å². The van der Waals surface area contributed by atoms with E-state index in [1.165, 1.54) is 0 Å². The van der Waals surface area contributed by atoms with Crippen LogP contribution in [0.1, 0.15) is 19.6 Å². The van der Waals surface area contributed by atoms with Crippen LogP contribution in [0.25, 0.3) is 22.1 Å². The molecule has 0 radical (unpaired) electrons. The first kappa shape index (κ1) is 17.2. The first-order valence-electron chi connectivity index (χ1n) is 7.92. The highest BCUT2D eigenvalue weighted by Crippen LogP contribution is 2.27. The Hall–Kier alpha value is -2.59. The Morgan fingerprint density at radius 2 is 1.80 bits per heavy atom. The number of fused-ring (bicyclic) bond motifs is 1. The minimum Gasteiger partial charge on any atom is -0.460 e. The summed E-state index contributed by atoms with van der Waals surface area (Å²) >= 11 is 5.91. The quantitative estimate of drug-likeness (QED) is 0.490. The molecule has 0 atom stereocenters. The van der Waals surface area contributed by atoms with Gasteiger partial charge in [-0.1, -0.05) is 37.6 Å². The Labute approximate surface area is 150 Å². The normalized spacial score (nSPS) is 11.1. The summed E-state index contributed by atoms with van der Waals surface area (Å²) in [6.45, 7) is 5.25. The molecule has 0 bridgehead atoms. The number of carbonyl (C=O) groups excluding carboxylic acids is 1. The van der Waals surface area contributed by atoms with Gasteiger partial charge in [-0.2, -0.15) is 0 Å². The molecule has 0 unspecified atom stereocenters. The second kappa shape index (κ2) is 6.73. The molecule has 4 nitrogen and oxygen atoms in total. The first-order valence-corrected chi connectivity index (χ1v) is 8.29. The van der Waals surface area contributed by atoms with E-state index in [0.29, 0.717) is 33.1 Å². The standard InChI is InChI=1S/C20H17ClO4/c1-11(2)20(23)25-15-8-9-16-17(10-15)24-12(3)18(19(16)22)13-4-6-14(21)7-5-13/h4-11H,1-3H3. The predicted octanol–water partition coefficient (Wildman–Crippen LogP) is 4.98. The fraction of sp³-hybridized carbons (Fsp3) is 0.200. The number of carbonyl (C=O) groups is 1. The lowest BCUT2D eigenvalue weighted by atomic mass is 10.0. The van der Waals surface area contributed by atoms with Gasteiger partial charge in [-0.3, -0.25) is 9.59 Å². The lowest BCUT2D eigenvalue weighted by Gasteiger charge is -2.10. The molecule has 0 aliphatic carbocycles. The van der Waals surface area contributed by atoms with Crippen LogP contribution < -0.4 is 10.2 Å². The zero-order valence-corrected chi connectivity index (χ0v) is 14.9. The summed E-state index contributed by atoms with van der Waals surface area (Å²) in [4.78, 5) is 24.6. The van der Waals surface area contributed by atoms with E-state index in [9.17, 15) is 9.59 Å². The summed E-state index contributed by atoms with van der Waals surface area (Å²) in [5.74, 6) is 0.271. The summed E-state index contributed by atoms with van der Waals surface area (Å²) in [6, 6.07) is 11.8. The molecular formula is C20H17ClO4. The van der Waals surface area contributed by atoms with Crippen LogP contribution in [-0.4, -0.2) is 5.97 Å². The number of rotatable bonds is 3. The second-order valence-corrected chi connectivity index (χ2v) is 6.54. The van der Waals surface area contributed by atoms with Gasteiger partial charge in [0.15, 0.2) is 0 Å². The van der Waals surface area contributed by atoms with Crippen molar-refractivity contribution >= 4 is 28.5 Å². The summed E-state index contributed by atoms with van der Waals surface area (Å²) in [7, 11) is 0. The van der Waals surface area contributed by atoms with Crippen LogP contribution in [0.5, 0.6) is 5.75 Å². The van der Waals surface area contributed by atoms with E-state index in [1.54, 1.807) is 63.2 Å². The topological polar surface area (TPSA) is 56.5 Å². The molecule has 0 fully saturated rings. The monoisotopic (exact) mass is 356 g/mol. The maximum atomic E-state index is 12.9. The minimum absolute atomic E-state index is 0.136. The van der Waals surface area contributed by atoms with E-state index in [0.717, 1.165) is 5.56 Å². The van der Waals surface area contributed by atoms with Crippen LogP contribution in [0.2, 0.25) is 5.02 Å². The van der Waals surface area contributed by atoms with Gasteiger partial charge >= 0.3 is 5.97 Å². The Kier molecular flexibility index (Phi) is 4.64. The summed E-state index contributed by atoms with van der Waals surface area (Å²) in [6.07, 6.45) is 0. The molecule has 0 N–H and O–H groups in total. The lowest BCUT2D eigenvalue weighted by molar-refractivity contribution is -0.137. The smallest absolute Gasteiger partial charge is 0.313 e. The van der Waals surface area contributed by atoms with Gasteiger partial charge in [0.05, 0.1) is 16.9 Å². The van der Waals surface area contributed by atoms with E-state index in [-0.39, 0.29) is 17.3 Å². The fourth-order valence-electron chi connectivity index (χ4n) is 2.53. The molecule has 0 saturated heterocycles. The van der Waals surface area contributed by atoms with Gasteiger partial charge in [0.25, 0.3) is 0 Å². The molecule has 3 aromatic rings. The van der Waals surface area contributed by atoms with Crippen molar-refractivity contribution in [2.45, 2.75) is 20.8 Å². The average molecular weight is 357 g/mol. The van der Waals surface area contributed by atoms with Crippen molar-refractivity contribution < 1.29 is 13.9 Å². The Bertz CT molecular complexity index is 1000. The van der Waals surface area contributed by atoms with Crippen molar-refractivity contribution in [2.24, 2.45) is 5.92 Å². The molecule has 1 heterocycles. The Morgan fingerprint density at radius 1 is 1.12 bits per heavy atom. The molecule has 0 aliphatic heterocycles. The van der Waals surface area contributed by atoms with Crippen LogP contribution in [0.15, 0.2) is 51.7 Å². The summed E-state index contributed by atoms with van der Waals surface area (Å²) in [5, 5.41) is 1.03. The van der Waals surface area contributed by atoms with E-state index < -0.39 is 0 Å². The average Bonchev–Trinajstić information content (AvgIpc) is 2.56. The van der Waals surface area contributed by atoms with Crippen LogP contribution in [-0.2, 0) is 4.79 Å². The molecule has 3 rings (SSSR count). The SMILES string of the molecule is Cc1oc2cc(OC(=O)C(C)C)ccc2c(=O)c1-c1ccc(Cl)cc1. The second-order valence-electron chi connectivity index (χ2n) is 6.10. The largest absolute Gasteiger partial charge is 0.460 e. The third kappa shape index (κ3) is 3.44. The van der Waals surface area contributed by atoms with Gasteiger partial charge in [0.2, 0.25) is 5.43 Å². The summed E-state index contributed by atoms with van der Waals surface area (Å²) < 4.78 is 11.1. The molecule has 0 aliphatic rings. The lowest BCUT2D eigenvalue weighted by Crippen LogP contribution is -2.15. The molecular weight excluding hydrogens is 340 g/mol. The number of benzene rings is 2. The first-order chi connectivity index (χ1) is 11.9. The molecule has 25 heavy (non-hydrogen) atoms. The molecule has 0 saturated carbocycles. The van der Waals surface area contributed by atoms with Gasteiger partial charge in [-0.15, -0.1) is 0 Å². The third-order valence-electron chi connectivity index (χ3n) is 3.86. The molecule has 1 aromatic heterocycles. The summed E-state index contributed by atoms with van der Waals surface area (Å²) in [5.41, 5.74) is 1.49. The highest BCUT2D eigenvalue weighted by Gasteiger charge is 2.15. The highest BCUT2D eigenvalue weighted by atomic mass is 35.5. The van der Waals surface area contributed by atoms with Crippen molar-refractivity contribution in [3.05, 3.63) is 63.5 Å². The fourth-order valence-corrected chi connectivity index (χ4v) is 2.66. The van der Waals surface area contributed by atoms with E-state index in [4.69, 9.17) is 20.8 Å². The van der Waals surface area contributed by atoms with E-state index in [1.807, 2.05) is 0 Å². The maximum absolute atomic E-state index is 12.9. The molecule has 5 heteroatoms. The van der Waals surface area contributed by atoms with Crippen molar-refractivity contribution in [3.63, 3.8) is 0 Å². The molecule has 0 amide bonds. The van der Waals surface area contributed by atoms with Crippen molar-refractivity contribution in [3.8, 4) is 16.9 Å². The van der Waals surface area contributed by atoms with E-state index >= 15 is 0 Å². The number of hydrogen-bond donors (Lipinski definition) is 0. The zero-order valence-electron chi connectivity index (χ0n) is 14.1. The molecule has 2 aromatic carbocycles. The van der Waals surface area contributed by atoms with E-state index in [2.05, 4.69) is 0 Å². The number of ether oxygens (including phenoxy) is 1. The van der Waals surface area contributed by atoms with Gasteiger partial charge < -0.3 is 9.15 Å². The minimum atomic E-state index is -0.337. The van der Waals surface area contributed by atoms with Gasteiger partial charge in [0, 0.05) is 11.1 Å². The number of hydrogen-bond acceptors (Lipinski definition) is 4. The number of esters is 1. The van der Waals surface area contributed by atoms with Crippen molar-refractivity contribution in [1.82, 2.24) is 0 Å². The van der Waals surface area contributed by atoms with Crippen LogP contribution in [0.4, 0.5) is 0 Å². The molecule has 0 spiro atoms. The Balaban J connectivity index is 2.10. The third-order valence-corrected chi connectivity index (χ3v) is 4.11. The number of halogens is 1. The van der Waals surface area contributed by atoms with Gasteiger partial charge in [0.1, 0.15) is 17.1 Å². The van der Waals surface area contributed by atoms with Gasteiger partial charge in [-0.25, -0.2) is 0 Å². The maximum Gasteiger partial charge on any atom is 0.313 e. The zero-order chi connectivity index (χ0) is 18.1. The predicted molar refractivity (Wildman–Crippen MR) is 98.1 cm³/mol. The van der Waals surface area contributed by atoms with Crippen LogP contribution in [0.3, 0.4) is 0 Å². The number of aryl methyl sites for hydroxylation is 1. The van der Waals surface area contributed by atoms with Crippen molar-refractivity contribution in [2.75, 3.05) is 0 Å². The van der Waals surface area contributed by atoms with Crippen LogP contribution >= 0.6 is 11.6 Å². The Morgan fingerprint density at radius 3 is 2.44 bits per heavy atom. The van der Waals surface area contributed by atoms with Crippen molar-refractivity contribution in [1.29, 1.82) is 0 Å². The van der Waals surface area contributed by atoms with Crippen LogP contribution in [0, 0.1) is 12.8 Å². The highest BCUT2D eigenvalue weighted by molar-refractivity contribution is 6.30.